The van der Waals surface area contributed by atoms with Crippen LogP contribution in [0.5, 0.6) is 17.2 Å². The largest absolute Gasteiger partial charge is 0.492 e. The maximum atomic E-state index is 14.0. The summed E-state index contributed by atoms with van der Waals surface area (Å²) in [6.45, 7) is 11.5. The molecule has 1 atom stereocenters. The molecular formula is C51H59Cl2N7O6S. The molecule has 354 valence electrons. The van der Waals surface area contributed by atoms with E-state index >= 15 is 0 Å². The van der Waals surface area contributed by atoms with Crippen LogP contribution < -0.4 is 19.1 Å². The summed E-state index contributed by atoms with van der Waals surface area (Å²) in [5.41, 5.74) is 5.97. The number of aromatic amines is 1. The van der Waals surface area contributed by atoms with Crippen molar-refractivity contribution in [1.82, 2.24) is 29.4 Å². The van der Waals surface area contributed by atoms with E-state index in [0.717, 1.165) is 100 Å². The minimum Gasteiger partial charge on any atom is -0.492 e. The number of nitrogens with zero attached hydrogens (tertiary/aromatic N) is 5. The number of aromatic nitrogens is 2. The van der Waals surface area contributed by atoms with Crippen molar-refractivity contribution in [2.75, 3.05) is 70.9 Å². The molecule has 16 heteroatoms. The van der Waals surface area contributed by atoms with E-state index in [1.807, 2.05) is 42.3 Å². The highest BCUT2D eigenvalue weighted by molar-refractivity contribution is 7.90. The van der Waals surface area contributed by atoms with Crippen molar-refractivity contribution in [3.8, 4) is 17.2 Å². The van der Waals surface area contributed by atoms with Gasteiger partial charge in [-0.2, -0.15) is 0 Å². The molecule has 4 aliphatic rings. The van der Waals surface area contributed by atoms with Gasteiger partial charge in [-0.3, -0.25) is 19.4 Å². The summed E-state index contributed by atoms with van der Waals surface area (Å²) in [6, 6.07) is 21.3. The number of anilines is 1. The summed E-state index contributed by atoms with van der Waals surface area (Å²) in [4.78, 5) is 43.3. The van der Waals surface area contributed by atoms with Crippen LogP contribution in [0.2, 0.25) is 10.0 Å². The average molecular weight is 969 g/mol. The lowest BCUT2D eigenvalue weighted by Gasteiger charge is -2.39. The van der Waals surface area contributed by atoms with Crippen LogP contribution in [-0.2, 0) is 14.8 Å². The van der Waals surface area contributed by atoms with Crippen molar-refractivity contribution in [2.45, 2.75) is 69.7 Å². The van der Waals surface area contributed by atoms with E-state index < -0.39 is 15.9 Å². The molecule has 0 spiro atoms. The minimum atomic E-state index is -4.38. The van der Waals surface area contributed by atoms with Crippen molar-refractivity contribution >= 4 is 67.3 Å². The number of hydrogen-bond acceptors (Lipinski definition) is 10. The number of carbonyl (C=O) groups is 2. The highest BCUT2D eigenvalue weighted by atomic mass is 35.5. The van der Waals surface area contributed by atoms with Crippen molar-refractivity contribution in [3.05, 3.63) is 112 Å². The van der Waals surface area contributed by atoms with E-state index in [0.29, 0.717) is 36.8 Å². The first-order valence-corrected chi connectivity index (χ1v) is 25.6. The Labute approximate surface area is 403 Å². The van der Waals surface area contributed by atoms with Crippen molar-refractivity contribution in [3.63, 3.8) is 0 Å². The first kappa shape index (κ1) is 47.0. The van der Waals surface area contributed by atoms with E-state index in [1.54, 1.807) is 24.5 Å². The Morgan fingerprint density at radius 2 is 1.67 bits per heavy atom. The van der Waals surface area contributed by atoms with Crippen molar-refractivity contribution in [1.29, 1.82) is 0 Å². The van der Waals surface area contributed by atoms with Gasteiger partial charge in [0.05, 0.1) is 34.3 Å². The number of likely N-dealkylation sites (tertiary alicyclic amines) is 2. The van der Waals surface area contributed by atoms with Gasteiger partial charge in [-0.1, -0.05) is 54.8 Å². The third-order valence-electron chi connectivity index (χ3n) is 14.0. The molecule has 3 aliphatic heterocycles. The van der Waals surface area contributed by atoms with E-state index in [2.05, 4.69) is 55.4 Å². The number of hydrogen-bond donors (Lipinski definition) is 2. The van der Waals surface area contributed by atoms with Crippen LogP contribution in [0.25, 0.3) is 16.6 Å². The molecule has 2 aromatic heterocycles. The number of piperidine rings is 1. The molecule has 0 unspecified atom stereocenters. The molecule has 2 N–H and O–H groups in total. The van der Waals surface area contributed by atoms with Crippen molar-refractivity contribution < 1.29 is 27.5 Å². The zero-order valence-electron chi connectivity index (χ0n) is 38.4. The Balaban J connectivity index is 0.860. The second-order valence-corrected chi connectivity index (χ2v) is 21.8. The number of likely N-dealkylation sites (N-methyl/N-ethyl adjacent to an activating group) is 1. The fourth-order valence-corrected chi connectivity index (χ4v) is 11.4. The Kier molecular flexibility index (Phi) is 13.9. The third-order valence-corrected chi connectivity index (χ3v) is 15.9. The molecular weight excluding hydrogens is 910 g/mol. The number of rotatable bonds is 13. The highest BCUT2D eigenvalue weighted by Gasteiger charge is 2.34. The average Bonchev–Trinajstić information content (AvgIpc) is 3.98. The fraction of sp³-hybridized carbons (Fsp3) is 0.431. The number of fused-ring (bicyclic) bond motifs is 1. The molecule has 3 saturated heterocycles. The minimum absolute atomic E-state index is 0.0256. The van der Waals surface area contributed by atoms with E-state index in [9.17, 15) is 18.0 Å². The number of H-pyrrole nitrogens is 1. The van der Waals surface area contributed by atoms with Gasteiger partial charge in [-0.05, 0) is 136 Å². The number of amides is 2. The monoisotopic (exact) mass is 967 g/mol. The van der Waals surface area contributed by atoms with Crippen LogP contribution in [0.4, 0.5) is 5.69 Å². The molecule has 3 fully saturated rings. The summed E-state index contributed by atoms with van der Waals surface area (Å²) in [5.74, 6) is 0.504. The van der Waals surface area contributed by atoms with Crippen LogP contribution in [0.1, 0.15) is 74.7 Å². The predicted octanol–water partition coefficient (Wildman–Crippen LogP) is 9.28. The number of carbonyl (C=O) groups excluding carboxylic acids is 2. The van der Waals surface area contributed by atoms with Gasteiger partial charge < -0.3 is 24.3 Å². The van der Waals surface area contributed by atoms with Gasteiger partial charge in [0, 0.05) is 74.2 Å². The third kappa shape index (κ3) is 10.9. The van der Waals surface area contributed by atoms with Gasteiger partial charge in [-0.25, -0.2) is 18.1 Å². The number of benzene rings is 3. The molecule has 1 aliphatic carbocycles. The Morgan fingerprint density at radius 3 is 2.40 bits per heavy atom. The van der Waals surface area contributed by atoms with E-state index in [-0.39, 0.29) is 44.5 Å². The summed E-state index contributed by atoms with van der Waals surface area (Å²) >= 11 is 12.9. The number of piperazine rings is 1. The molecule has 0 saturated carbocycles. The van der Waals surface area contributed by atoms with Gasteiger partial charge in [0.15, 0.2) is 0 Å². The lowest BCUT2D eigenvalue weighted by atomic mass is 9.72. The van der Waals surface area contributed by atoms with Crippen LogP contribution in [0.15, 0.2) is 95.7 Å². The summed E-state index contributed by atoms with van der Waals surface area (Å²) < 4.78 is 42.2. The Morgan fingerprint density at radius 1 is 0.896 bits per heavy atom. The smallest absolute Gasteiger partial charge is 0.268 e. The standard InChI is InChI=1S/C51H59Cl2N7O6S/c1-51(2)18-14-37(43(30-51)35-6-8-38(52)9-7-35)32-58-23-25-59(26-24-58)39-10-12-42(47(28-39)66-40-27-36-15-19-54-48(36)55-31-40)49(61)56-67(63,64)41-11-13-46(44(53)29-41)65-33-34-16-21-60(22-17-34)50(62)45-5-4-20-57(45)3/h6-13,15,19,27-29,31,34,45H,4-5,14,16-18,20-26,30,32-33H2,1-3H3,(H,54,55)(H,56,61)/t45-/m1/s1. The van der Waals surface area contributed by atoms with Gasteiger partial charge in [0.1, 0.15) is 22.9 Å². The molecule has 3 aromatic carbocycles. The van der Waals surface area contributed by atoms with Crippen LogP contribution in [-0.4, -0.2) is 117 Å². The number of sulfonamides is 1. The zero-order valence-corrected chi connectivity index (χ0v) is 40.7. The number of ether oxygens (including phenoxy) is 2. The molecule has 5 heterocycles. The second-order valence-electron chi connectivity index (χ2n) is 19.3. The number of nitrogens with one attached hydrogen (secondary N) is 2. The second kappa shape index (κ2) is 19.8. The number of halogens is 2. The molecule has 0 radical (unpaired) electrons. The summed E-state index contributed by atoms with van der Waals surface area (Å²) in [5, 5.41) is 1.67. The first-order valence-electron chi connectivity index (χ1n) is 23.4. The van der Waals surface area contributed by atoms with Crippen LogP contribution in [0.3, 0.4) is 0 Å². The Bertz CT molecular complexity index is 2760. The topological polar surface area (TPSA) is 140 Å². The molecule has 0 bridgehead atoms. The van der Waals surface area contributed by atoms with Crippen LogP contribution >= 0.6 is 23.2 Å². The highest BCUT2D eigenvalue weighted by Crippen LogP contribution is 2.43. The van der Waals surface area contributed by atoms with E-state index in [4.69, 9.17) is 32.7 Å². The SMILES string of the molecule is CN1CCC[C@@H]1C(=O)N1CCC(COc2ccc(S(=O)(=O)NC(=O)c3ccc(N4CCN(CC5=C(c6ccc(Cl)cc6)CC(C)(C)CC5)CC4)cc3Oc3cnc4[nH]ccc4c3)cc2Cl)CC1. The molecule has 2 amide bonds. The van der Waals surface area contributed by atoms with E-state index in [1.165, 1.54) is 34.9 Å². The van der Waals surface area contributed by atoms with Gasteiger partial charge >= 0.3 is 0 Å². The normalized spacial score (nSPS) is 19.8. The maximum Gasteiger partial charge on any atom is 0.268 e. The maximum absolute atomic E-state index is 14.0. The quantitative estimate of drug-likeness (QED) is 0.117. The number of pyridine rings is 1. The zero-order chi connectivity index (χ0) is 46.9. The molecule has 67 heavy (non-hydrogen) atoms. The van der Waals surface area contributed by atoms with Crippen molar-refractivity contribution in [2.24, 2.45) is 11.3 Å². The fourth-order valence-electron chi connectivity index (χ4n) is 9.94. The Hall–Kier alpha value is -5.12. The van der Waals surface area contributed by atoms with Gasteiger partial charge in [-0.15, -0.1) is 0 Å². The predicted molar refractivity (Wildman–Crippen MR) is 264 cm³/mol. The molecule has 13 nitrogen and oxygen atoms in total. The van der Waals surface area contributed by atoms with Gasteiger partial charge in [0.25, 0.3) is 15.9 Å². The molecule has 5 aromatic rings. The summed E-state index contributed by atoms with van der Waals surface area (Å²) in [6.07, 6.45) is 10.2. The van der Waals surface area contributed by atoms with Crippen LogP contribution in [0, 0.1) is 11.3 Å². The number of allylic oxidation sites excluding steroid dienone is 1. The lowest BCUT2D eigenvalue weighted by Crippen LogP contribution is -2.47. The lowest BCUT2D eigenvalue weighted by molar-refractivity contribution is -0.137. The van der Waals surface area contributed by atoms with Gasteiger partial charge in [0.2, 0.25) is 5.91 Å². The first-order chi connectivity index (χ1) is 32.2. The molecule has 9 rings (SSSR count). The summed E-state index contributed by atoms with van der Waals surface area (Å²) in [7, 11) is -2.36.